The van der Waals surface area contributed by atoms with Crippen LogP contribution in [0.15, 0.2) is 12.1 Å². The van der Waals surface area contributed by atoms with Crippen molar-refractivity contribution in [3.05, 3.63) is 28.8 Å². The van der Waals surface area contributed by atoms with Crippen LogP contribution < -0.4 is 4.74 Å². The van der Waals surface area contributed by atoms with Gasteiger partial charge < -0.3 is 4.74 Å². The Bertz CT molecular complexity index is 320. The molecule has 2 rings (SSSR count). The number of alkyl halides is 1. The highest BCUT2D eigenvalue weighted by molar-refractivity contribution is 9.09. The van der Waals surface area contributed by atoms with E-state index in [1.807, 2.05) is 0 Å². The Morgan fingerprint density at radius 1 is 1.42 bits per heavy atom. The second kappa shape index (κ2) is 2.77. The predicted octanol–water partition coefficient (Wildman–Crippen LogP) is 3.13. The Balaban J connectivity index is 2.60. The van der Waals surface area contributed by atoms with Crippen molar-refractivity contribution < 1.29 is 4.74 Å². The second-order valence-electron chi connectivity index (χ2n) is 3.20. The third kappa shape index (κ3) is 1.06. The van der Waals surface area contributed by atoms with Gasteiger partial charge >= 0.3 is 0 Å². The number of ether oxygens (including phenoxy) is 1. The van der Waals surface area contributed by atoms with Crippen LogP contribution in [0.2, 0.25) is 0 Å². The maximum atomic E-state index is 5.58. The van der Waals surface area contributed by atoms with E-state index in [0.29, 0.717) is 4.83 Å². The zero-order chi connectivity index (χ0) is 8.72. The standard InChI is InChI=1S/C10H11BrO/c1-6-3-4-8-9(11)5-12-10(8)7(6)2/h3-4,9H,5H2,1-2H3. The number of halogens is 1. The minimum absolute atomic E-state index is 0.381. The SMILES string of the molecule is Cc1ccc2c(c1C)OCC2Br. The van der Waals surface area contributed by atoms with Gasteiger partial charge in [-0.1, -0.05) is 28.1 Å². The van der Waals surface area contributed by atoms with Gasteiger partial charge in [0.25, 0.3) is 0 Å². The molecule has 0 aromatic heterocycles. The van der Waals surface area contributed by atoms with Crippen molar-refractivity contribution in [3.63, 3.8) is 0 Å². The molecule has 0 N–H and O–H groups in total. The van der Waals surface area contributed by atoms with Crippen LogP contribution in [-0.2, 0) is 0 Å². The van der Waals surface area contributed by atoms with Crippen LogP contribution in [0.25, 0.3) is 0 Å². The van der Waals surface area contributed by atoms with E-state index >= 15 is 0 Å². The molecule has 1 atom stereocenters. The van der Waals surface area contributed by atoms with Crippen LogP contribution in [0.4, 0.5) is 0 Å². The molecule has 1 aliphatic rings. The highest BCUT2D eigenvalue weighted by atomic mass is 79.9. The molecule has 0 fully saturated rings. The first-order valence-electron chi connectivity index (χ1n) is 4.07. The van der Waals surface area contributed by atoms with E-state index in [0.717, 1.165) is 12.4 Å². The van der Waals surface area contributed by atoms with Gasteiger partial charge in [-0.15, -0.1) is 0 Å². The summed E-state index contributed by atoms with van der Waals surface area (Å²) in [5.74, 6) is 1.08. The zero-order valence-corrected chi connectivity index (χ0v) is 8.81. The van der Waals surface area contributed by atoms with E-state index in [4.69, 9.17) is 4.74 Å². The summed E-state index contributed by atoms with van der Waals surface area (Å²) >= 11 is 3.57. The smallest absolute Gasteiger partial charge is 0.126 e. The van der Waals surface area contributed by atoms with Gasteiger partial charge in [0, 0.05) is 5.56 Å². The average Bonchev–Trinajstić information content (AvgIpc) is 2.41. The van der Waals surface area contributed by atoms with Gasteiger partial charge in [-0.25, -0.2) is 0 Å². The largest absolute Gasteiger partial charge is 0.491 e. The molecule has 0 amide bonds. The lowest BCUT2D eigenvalue weighted by Crippen LogP contribution is -1.90. The van der Waals surface area contributed by atoms with Crippen LogP contribution in [0.1, 0.15) is 21.5 Å². The van der Waals surface area contributed by atoms with E-state index < -0.39 is 0 Å². The summed E-state index contributed by atoms with van der Waals surface area (Å²) in [6.07, 6.45) is 0. The number of fused-ring (bicyclic) bond motifs is 1. The van der Waals surface area contributed by atoms with E-state index in [9.17, 15) is 0 Å². The van der Waals surface area contributed by atoms with Crippen molar-refractivity contribution in [2.45, 2.75) is 18.7 Å². The van der Waals surface area contributed by atoms with Gasteiger partial charge in [0.15, 0.2) is 0 Å². The first-order valence-corrected chi connectivity index (χ1v) is 4.98. The summed E-state index contributed by atoms with van der Waals surface area (Å²) in [5.41, 5.74) is 3.86. The number of hydrogen-bond acceptors (Lipinski definition) is 1. The molecule has 0 radical (unpaired) electrons. The molecule has 2 heteroatoms. The minimum Gasteiger partial charge on any atom is -0.491 e. The minimum atomic E-state index is 0.381. The summed E-state index contributed by atoms with van der Waals surface area (Å²) in [4.78, 5) is 0.381. The topological polar surface area (TPSA) is 9.23 Å². The third-order valence-corrected chi connectivity index (χ3v) is 3.18. The van der Waals surface area contributed by atoms with Crippen molar-refractivity contribution in [2.75, 3.05) is 6.61 Å². The Labute approximate surface area is 80.9 Å². The van der Waals surface area contributed by atoms with Crippen LogP contribution in [-0.4, -0.2) is 6.61 Å². The Kier molecular flexibility index (Phi) is 1.87. The van der Waals surface area contributed by atoms with Crippen LogP contribution >= 0.6 is 15.9 Å². The first kappa shape index (κ1) is 8.11. The molecular formula is C10H11BrO. The molecule has 0 aliphatic carbocycles. The molecule has 64 valence electrons. The fourth-order valence-electron chi connectivity index (χ4n) is 1.50. The van der Waals surface area contributed by atoms with E-state index in [2.05, 4.69) is 41.9 Å². The van der Waals surface area contributed by atoms with Crippen LogP contribution in [0, 0.1) is 13.8 Å². The first-order chi connectivity index (χ1) is 5.70. The van der Waals surface area contributed by atoms with Crippen molar-refractivity contribution >= 4 is 15.9 Å². The van der Waals surface area contributed by atoms with E-state index in [1.165, 1.54) is 16.7 Å². The van der Waals surface area contributed by atoms with E-state index in [-0.39, 0.29) is 0 Å². The van der Waals surface area contributed by atoms with Gasteiger partial charge in [-0.3, -0.25) is 0 Å². The molecule has 0 saturated heterocycles. The summed E-state index contributed by atoms with van der Waals surface area (Å²) in [7, 11) is 0. The van der Waals surface area contributed by atoms with Crippen LogP contribution in [0.3, 0.4) is 0 Å². The van der Waals surface area contributed by atoms with Crippen molar-refractivity contribution in [2.24, 2.45) is 0 Å². The van der Waals surface area contributed by atoms with Crippen molar-refractivity contribution in [3.8, 4) is 5.75 Å². The molecule has 1 heterocycles. The fourth-order valence-corrected chi connectivity index (χ4v) is 1.99. The molecule has 0 bridgehead atoms. The highest BCUT2D eigenvalue weighted by Gasteiger charge is 2.23. The normalized spacial score (nSPS) is 20.4. The summed E-state index contributed by atoms with van der Waals surface area (Å²) in [5, 5.41) is 0. The average molecular weight is 227 g/mol. The summed E-state index contributed by atoms with van der Waals surface area (Å²) < 4.78 is 5.58. The second-order valence-corrected chi connectivity index (χ2v) is 4.31. The number of rotatable bonds is 0. The molecular weight excluding hydrogens is 216 g/mol. The number of benzene rings is 1. The molecule has 0 spiro atoms. The molecule has 1 unspecified atom stereocenters. The Morgan fingerprint density at radius 2 is 2.17 bits per heavy atom. The molecule has 0 saturated carbocycles. The lowest BCUT2D eigenvalue weighted by Gasteiger charge is -2.05. The highest BCUT2D eigenvalue weighted by Crippen LogP contribution is 2.40. The maximum absolute atomic E-state index is 5.58. The van der Waals surface area contributed by atoms with Gasteiger partial charge in [0.05, 0.1) is 4.83 Å². The van der Waals surface area contributed by atoms with Gasteiger partial charge in [-0.2, -0.15) is 0 Å². The Hall–Kier alpha value is -0.500. The van der Waals surface area contributed by atoms with E-state index in [1.54, 1.807) is 0 Å². The third-order valence-electron chi connectivity index (χ3n) is 2.42. The summed E-state index contributed by atoms with van der Waals surface area (Å²) in [6.45, 7) is 4.99. The molecule has 12 heavy (non-hydrogen) atoms. The van der Waals surface area contributed by atoms with Crippen molar-refractivity contribution in [1.82, 2.24) is 0 Å². The quantitative estimate of drug-likeness (QED) is 0.618. The lowest BCUT2D eigenvalue weighted by molar-refractivity contribution is 0.353. The molecule has 1 nitrogen and oxygen atoms in total. The monoisotopic (exact) mass is 226 g/mol. The molecule has 1 aromatic carbocycles. The van der Waals surface area contributed by atoms with Crippen LogP contribution in [0.5, 0.6) is 5.75 Å². The predicted molar refractivity (Wildman–Crippen MR) is 53.1 cm³/mol. The van der Waals surface area contributed by atoms with Crippen molar-refractivity contribution in [1.29, 1.82) is 0 Å². The van der Waals surface area contributed by atoms with Gasteiger partial charge in [0.1, 0.15) is 12.4 Å². The van der Waals surface area contributed by atoms with Gasteiger partial charge in [0.2, 0.25) is 0 Å². The maximum Gasteiger partial charge on any atom is 0.126 e. The fraction of sp³-hybridized carbons (Fsp3) is 0.400. The number of hydrogen-bond donors (Lipinski definition) is 0. The summed E-state index contributed by atoms with van der Waals surface area (Å²) in [6, 6.07) is 4.29. The van der Waals surface area contributed by atoms with Gasteiger partial charge in [-0.05, 0) is 25.0 Å². The zero-order valence-electron chi connectivity index (χ0n) is 7.23. The molecule has 1 aliphatic heterocycles. The lowest BCUT2D eigenvalue weighted by atomic mass is 10.0. The number of aryl methyl sites for hydroxylation is 1. The Morgan fingerprint density at radius 3 is 2.92 bits per heavy atom. The molecule has 1 aromatic rings.